The number of pyridine rings is 1. The number of nitrogens with zero attached hydrogens (tertiary/aromatic N) is 4. The van der Waals surface area contributed by atoms with Crippen molar-refractivity contribution in [3.63, 3.8) is 0 Å². The maximum atomic E-state index is 5.83. The van der Waals surface area contributed by atoms with Gasteiger partial charge >= 0.3 is 0 Å². The highest BCUT2D eigenvalue weighted by atomic mass is 79.9. The molecule has 0 saturated heterocycles. The van der Waals surface area contributed by atoms with Gasteiger partial charge in [-0.3, -0.25) is 0 Å². The minimum Gasteiger partial charge on any atom is -0.396 e. The summed E-state index contributed by atoms with van der Waals surface area (Å²) < 4.78 is 2.82. The van der Waals surface area contributed by atoms with E-state index in [1.165, 1.54) is 0 Å². The van der Waals surface area contributed by atoms with E-state index in [-0.39, 0.29) is 0 Å². The lowest BCUT2D eigenvalue weighted by atomic mass is 10.4. The van der Waals surface area contributed by atoms with Crippen LogP contribution in [0.5, 0.6) is 0 Å². The van der Waals surface area contributed by atoms with Gasteiger partial charge in [0.1, 0.15) is 12.1 Å². The number of nitrogens with one attached hydrogen (secondary N) is 1. The molecule has 0 bridgehead atoms. The maximum absolute atomic E-state index is 5.83. The SMILES string of the molecule is CCn1cnnc1CNc1ncc(Br)cc1N. The number of hydrogen-bond donors (Lipinski definition) is 2. The van der Waals surface area contributed by atoms with Gasteiger partial charge in [0.25, 0.3) is 0 Å². The molecule has 0 radical (unpaired) electrons. The number of nitrogen functional groups attached to an aromatic ring is 1. The zero-order valence-electron chi connectivity index (χ0n) is 9.39. The van der Waals surface area contributed by atoms with Gasteiger partial charge in [0.05, 0.1) is 12.2 Å². The predicted octanol–water partition coefficient (Wildman–Crippen LogP) is 1.65. The summed E-state index contributed by atoms with van der Waals surface area (Å²) in [6.45, 7) is 3.43. The highest BCUT2D eigenvalue weighted by Crippen LogP contribution is 2.20. The predicted molar refractivity (Wildman–Crippen MR) is 69.4 cm³/mol. The second kappa shape index (κ2) is 5.13. The Balaban J connectivity index is 2.07. The molecule has 0 saturated carbocycles. The molecular weight excluding hydrogens is 284 g/mol. The molecule has 0 aliphatic rings. The molecule has 90 valence electrons. The van der Waals surface area contributed by atoms with Gasteiger partial charge in [-0.15, -0.1) is 10.2 Å². The highest BCUT2D eigenvalue weighted by molar-refractivity contribution is 9.10. The fraction of sp³-hybridized carbons (Fsp3) is 0.300. The van der Waals surface area contributed by atoms with Crippen LogP contribution in [0.25, 0.3) is 0 Å². The third-order valence-electron chi connectivity index (χ3n) is 2.33. The number of hydrogen-bond acceptors (Lipinski definition) is 5. The molecule has 3 N–H and O–H groups in total. The van der Waals surface area contributed by atoms with Crippen LogP contribution < -0.4 is 11.1 Å². The van der Waals surface area contributed by atoms with E-state index in [1.54, 1.807) is 18.6 Å². The summed E-state index contributed by atoms with van der Waals surface area (Å²) in [4.78, 5) is 4.19. The highest BCUT2D eigenvalue weighted by Gasteiger charge is 2.05. The molecule has 0 fully saturated rings. The lowest BCUT2D eigenvalue weighted by Gasteiger charge is -2.08. The van der Waals surface area contributed by atoms with E-state index in [0.29, 0.717) is 18.1 Å². The Morgan fingerprint density at radius 3 is 3.06 bits per heavy atom. The first-order valence-electron chi connectivity index (χ1n) is 5.22. The van der Waals surface area contributed by atoms with Crippen molar-refractivity contribution in [2.45, 2.75) is 20.0 Å². The Bertz CT molecular complexity index is 509. The fourth-order valence-electron chi connectivity index (χ4n) is 1.45. The van der Waals surface area contributed by atoms with Crippen LogP contribution in [0.3, 0.4) is 0 Å². The summed E-state index contributed by atoms with van der Waals surface area (Å²) >= 11 is 3.31. The Morgan fingerprint density at radius 2 is 2.35 bits per heavy atom. The van der Waals surface area contributed by atoms with Crippen LogP contribution in [0.4, 0.5) is 11.5 Å². The summed E-state index contributed by atoms with van der Waals surface area (Å²) in [7, 11) is 0. The number of aromatic nitrogens is 4. The molecule has 0 aliphatic heterocycles. The topological polar surface area (TPSA) is 81.7 Å². The first-order chi connectivity index (χ1) is 8.20. The van der Waals surface area contributed by atoms with E-state index in [1.807, 2.05) is 11.5 Å². The van der Waals surface area contributed by atoms with Crippen molar-refractivity contribution in [2.24, 2.45) is 0 Å². The van der Waals surface area contributed by atoms with E-state index in [2.05, 4.69) is 36.4 Å². The Kier molecular flexibility index (Phi) is 3.58. The van der Waals surface area contributed by atoms with E-state index in [9.17, 15) is 0 Å². The summed E-state index contributed by atoms with van der Waals surface area (Å²) in [5.74, 6) is 1.51. The van der Waals surface area contributed by atoms with Crippen LogP contribution in [0.1, 0.15) is 12.7 Å². The molecule has 2 aromatic rings. The van der Waals surface area contributed by atoms with Crippen LogP contribution in [-0.2, 0) is 13.1 Å². The Hall–Kier alpha value is -1.63. The van der Waals surface area contributed by atoms with Crippen LogP contribution in [0.2, 0.25) is 0 Å². The molecule has 2 rings (SSSR count). The summed E-state index contributed by atoms with van der Waals surface area (Å²) in [6, 6.07) is 1.81. The van der Waals surface area contributed by atoms with Gasteiger partial charge in [-0.2, -0.15) is 0 Å². The molecule has 2 heterocycles. The molecule has 7 heteroatoms. The van der Waals surface area contributed by atoms with Crippen LogP contribution in [-0.4, -0.2) is 19.7 Å². The van der Waals surface area contributed by atoms with Crippen molar-refractivity contribution < 1.29 is 0 Å². The number of halogens is 1. The Labute approximate surface area is 107 Å². The van der Waals surface area contributed by atoms with Gasteiger partial charge in [-0.1, -0.05) is 0 Å². The smallest absolute Gasteiger partial charge is 0.152 e. The number of anilines is 2. The molecule has 0 atom stereocenters. The van der Waals surface area contributed by atoms with Crippen molar-refractivity contribution in [3.05, 3.63) is 28.9 Å². The van der Waals surface area contributed by atoms with Crippen molar-refractivity contribution in [3.8, 4) is 0 Å². The van der Waals surface area contributed by atoms with Gasteiger partial charge < -0.3 is 15.6 Å². The number of aryl methyl sites for hydroxylation is 1. The van der Waals surface area contributed by atoms with E-state index in [4.69, 9.17) is 5.73 Å². The minimum absolute atomic E-state index is 0.548. The van der Waals surface area contributed by atoms with Gasteiger partial charge in [0, 0.05) is 17.2 Å². The van der Waals surface area contributed by atoms with Crippen LogP contribution >= 0.6 is 15.9 Å². The molecule has 6 nitrogen and oxygen atoms in total. The van der Waals surface area contributed by atoms with E-state index in [0.717, 1.165) is 16.8 Å². The second-order valence-corrected chi connectivity index (χ2v) is 4.39. The van der Waals surface area contributed by atoms with Crippen molar-refractivity contribution in [1.82, 2.24) is 19.7 Å². The monoisotopic (exact) mass is 296 g/mol. The molecule has 2 aromatic heterocycles. The zero-order valence-corrected chi connectivity index (χ0v) is 11.0. The maximum Gasteiger partial charge on any atom is 0.152 e. The third-order valence-corrected chi connectivity index (χ3v) is 2.77. The number of rotatable bonds is 4. The van der Waals surface area contributed by atoms with Crippen molar-refractivity contribution in [2.75, 3.05) is 11.1 Å². The van der Waals surface area contributed by atoms with E-state index >= 15 is 0 Å². The minimum atomic E-state index is 0.548. The van der Waals surface area contributed by atoms with Crippen LogP contribution in [0.15, 0.2) is 23.1 Å². The summed E-state index contributed by atoms with van der Waals surface area (Å²) in [5.41, 5.74) is 6.43. The number of nitrogens with two attached hydrogens (primary N) is 1. The van der Waals surface area contributed by atoms with Crippen LogP contribution in [0, 0.1) is 0 Å². The molecule has 0 aliphatic carbocycles. The van der Waals surface area contributed by atoms with Gasteiger partial charge in [-0.25, -0.2) is 4.98 Å². The molecule has 17 heavy (non-hydrogen) atoms. The first-order valence-corrected chi connectivity index (χ1v) is 6.01. The quantitative estimate of drug-likeness (QED) is 0.896. The molecular formula is C10H13BrN6. The summed E-state index contributed by atoms with van der Waals surface area (Å²) in [6.07, 6.45) is 3.40. The molecule has 0 aromatic carbocycles. The van der Waals surface area contributed by atoms with E-state index < -0.39 is 0 Å². The third kappa shape index (κ3) is 2.73. The fourth-order valence-corrected chi connectivity index (χ4v) is 1.79. The largest absolute Gasteiger partial charge is 0.396 e. The van der Waals surface area contributed by atoms with Crippen molar-refractivity contribution >= 4 is 27.4 Å². The molecule has 0 amide bonds. The average molecular weight is 297 g/mol. The standard InChI is InChI=1S/C10H13BrN6/c1-2-17-6-15-16-9(17)5-14-10-8(12)3-7(11)4-13-10/h3-4,6H,2,5,12H2,1H3,(H,13,14). The second-order valence-electron chi connectivity index (χ2n) is 3.48. The Morgan fingerprint density at radius 1 is 1.53 bits per heavy atom. The summed E-state index contributed by atoms with van der Waals surface area (Å²) in [5, 5.41) is 11.0. The lowest BCUT2D eigenvalue weighted by molar-refractivity contribution is 0.707. The molecule has 0 spiro atoms. The van der Waals surface area contributed by atoms with Crippen molar-refractivity contribution in [1.29, 1.82) is 0 Å². The molecule has 0 unspecified atom stereocenters. The first kappa shape index (κ1) is 11.8. The van der Waals surface area contributed by atoms with Gasteiger partial charge in [0.2, 0.25) is 0 Å². The lowest BCUT2D eigenvalue weighted by Crippen LogP contribution is -2.09. The zero-order chi connectivity index (χ0) is 12.3. The normalized spacial score (nSPS) is 10.5. The average Bonchev–Trinajstić information content (AvgIpc) is 2.75. The van der Waals surface area contributed by atoms with Gasteiger partial charge in [-0.05, 0) is 28.9 Å². The van der Waals surface area contributed by atoms with Gasteiger partial charge in [0.15, 0.2) is 5.82 Å².